The van der Waals surface area contributed by atoms with Crippen LogP contribution in [-0.2, 0) is 7.05 Å². The lowest BCUT2D eigenvalue weighted by molar-refractivity contribution is 0.0822. The van der Waals surface area contributed by atoms with Crippen LogP contribution in [0.2, 0.25) is 0 Å². The smallest absolute Gasteiger partial charge is 0.276 e. The largest absolute Gasteiger partial charge is 0.343 e. The van der Waals surface area contributed by atoms with E-state index < -0.39 is 0 Å². The highest BCUT2D eigenvalue weighted by atomic mass is 16.2. The maximum Gasteiger partial charge on any atom is 0.276 e. The molecule has 2 amide bonds. The number of hydrogen-bond acceptors (Lipinski definition) is 3. The van der Waals surface area contributed by atoms with Crippen LogP contribution in [0.5, 0.6) is 0 Å². The Balaban J connectivity index is 2.37. The topological polar surface area (TPSA) is 67.2 Å². The van der Waals surface area contributed by atoms with Gasteiger partial charge in [0.25, 0.3) is 11.8 Å². The molecule has 2 aromatic rings. The minimum atomic E-state index is -0.257. The molecule has 0 unspecified atom stereocenters. The molecule has 0 atom stereocenters. The van der Waals surface area contributed by atoms with Gasteiger partial charge in [0.15, 0.2) is 5.69 Å². The number of carbonyl (C=O) groups excluding carboxylic acids is 2. The number of nitrogens with one attached hydrogen (secondary N) is 1. The average molecular weight is 300 g/mol. The molecule has 0 saturated carbocycles. The predicted molar refractivity (Wildman–Crippen MR) is 85.1 cm³/mol. The molecule has 0 aliphatic heterocycles. The van der Waals surface area contributed by atoms with Crippen molar-refractivity contribution in [1.82, 2.24) is 14.7 Å². The lowest BCUT2D eigenvalue weighted by atomic mass is 10.1. The highest BCUT2D eigenvalue weighted by molar-refractivity contribution is 6.08. The van der Waals surface area contributed by atoms with Crippen LogP contribution < -0.4 is 5.32 Å². The third-order valence-electron chi connectivity index (χ3n) is 3.46. The van der Waals surface area contributed by atoms with Crippen LogP contribution in [0.25, 0.3) is 0 Å². The quantitative estimate of drug-likeness (QED) is 0.942. The monoisotopic (exact) mass is 300 g/mol. The number of anilines is 1. The molecule has 116 valence electrons. The average Bonchev–Trinajstić information content (AvgIpc) is 2.74. The molecule has 1 aromatic heterocycles. The Hall–Kier alpha value is -2.63. The molecule has 0 saturated heterocycles. The summed E-state index contributed by atoms with van der Waals surface area (Å²) in [5.41, 5.74) is 2.97. The van der Waals surface area contributed by atoms with Crippen molar-refractivity contribution in [2.24, 2.45) is 7.05 Å². The SMILES string of the molecule is Cc1cccc(C(=O)Nc2c(C(=O)N(C)C)nn(C)c2C)c1. The summed E-state index contributed by atoms with van der Waals surface area (Å²) in [6.07, 6.45) is 0. The standard InChI is InChI=1S/C16H20N4O2/c1-10-7-6-8-12(9-10)15(21)17-13-11(2)20(5)18-14(13)16(22)19(3)4/h6-9H,1-5H3,(H,17,21). The molecule has 22 heavy (non-hydrogen) atoms. The minimum Gasteiger partial charge on any atom is -0.343 e. The van der Waals surface area contributed by atoms with E-state index in [1.165, 1.54) is 4.90 Å². The molecular formula is C16H20N4O2. The second kappa shape index (κ2) is 6.01. The first kappa shape index (κ1) is 15.8. The summed E-state index contributed by atoms with van der Waals surface area (Å²) in [7, 11) is 5.04. The van der Waals surface area contributed by atoms with Gasteiger partial charge in [-0.1, -0.05) is 17.7 Å². The Morgan fingerprint density at radius 2 is 1.91 bits per heavy atom. The Kier molecular flexibility index (Phi) is 4.30. The van der Waals surface area contributed by atoms with E-state index in [1.54, 1.807) is 38.0 Å². The summed E-state index contributed by atoms with van der Waals surface area (Å²) in [4.78, 5) is 26.0. The summed E-state index contributed by atoms with van der Waals surface area (Å²) < 4.78 is 1.59. The van der Waals surface area contributed by atoms with E-state index in [1.807, 2.05) is 26.0 Å². The third kappa shape index (κ3) is 3.00. The van der Waals surface area contributed by atoms with Gasteiger partial charge in [0.2, 0.25) is 0 Å². The van der Waals surface area contributed by atoms with Crippen LogP contribution in [0.1, 0.15) is 32.1 Å². The molecular weight excluding hydrogens is 280 g/mol. The van der Waals surface area contributed by atoms with Gasteiger partial charge >= 0.3 is 0 Å². The second-order valence-corrected chi connectivity index (χ2v) is 5.46. The van der Waals surface area contributed by atoms with Crippen molar-refractivity contribution in [3.05, 3.63) is 46.8 Å². The lowest BCUT2D eigenvalue weighted by Crippen LogP contribution is -2.24. The van der Waals surface area contributed by atoms with Gasteiger partial charge in [-0.25, -0.2) is 0 Å². The fourth-order valence-electron chi connectivity index (χ4n) is 2.09. The Bertz CT molecular complexity index is 732. The zero-order valence-corrected chi connectivity index (χ0v) is 13.5. The zero-order valence-electron chi connectivity index (χ0n) is 13.5. The molecule has 0 radical (unpaired) electrons. The molecule has 2 rings (SSSR count). The third-order valence-corrected chi connectivity index (χ3v) is 3.46. The summed E-state index contributed by atoms with van der Waals surface area (Å²) in [6.45, 7) is 3.73. The molecule has 1 heterocycles. The number of carbonyl (C=O) groups is 2. The molecule has 0 spiro atoms. The molecule has 0 bridgehead atoms. The molecule has 0 aliphatic rings. The van der Waals surface area contributed by atoms with Gasteiger partial charge in [0, 0.05) is 26.7 Å². The normalized spacial score (nSPS) is 10.4. The maximum absolute atomic E-state index is 12.4. The summed E-state index contributed by atoms with van der Waals surface area (Å²) in [5.74, 6) is -0.504. The Morgan fingerprint density at radius 3 is 2.50 bits per heavy atom. The Morgan fingerprint density at radius 1 is 1.23 bits per heavy atom. The number of aromatic nitrogens is 2. The van der Waals surface area contributed by atoms with Gasteiger partial charge in [0.1, 0.15) is 0 Å². The molecule has 1 aromatic carbocycles. The van der Waals surface area contributed by atoms with E-state index in [0.29, 0.717) is 11.3 Å². The molecule has 0 aliphatic carbocycles. The van der Waals surface area contributed by atoms with Crippen molar-refractivity contribution < 1.29 is 9.59 Å². The summed E-state index contributed by atoms with van der Waals surface area (Å²) in [6, 6.07) is 7.29. The van der Waals surface area contributed by atoms with E-state index in [9.17, 15) is 9.59 Å². The number of amides is 2. The van der Waals surface area contributed by atoms with Gasteiger partial charge < -0.3 is 10.2 Å². The van der Waals surface area contributed by atoms with Crippen LogP contribution in [0.15, 0.2) is 24.3 Å². The van der Waals surface area contributed by atoms with Crippen molar-refractivity contribution in [2.75, 3.05) is 19.4 Å². The van der Waals surface area contributed by atoms with Crippen molar-refractivity contribution in [3.63, 3.8) is 0 Å². The van der Waals surface area contributed by atoms with Gasteiger partial charge in [-0.3, -0.25) is 14.3 Å². The first-order valence-corrected chi connectivity index (χ1v) is 6.94. The van der Waals surface area contributed by atoms with Crippen LogP contribution in [0.4, 0.5) is 5.69 Å². The maximum atomic E-state index is 12.4. The molecule has 0 fully saturated rings. The molecule has 6 nitrogen and oxygen atoms in total. The minimum absolute atomic E-state index is 0.242. The van der Waals surface area contributed by atoms with Gasteiger partial charge in [-0.15, -0.1) is 0 Å². The second-order valence-electron chi connectivity index (χ2n) is 5.46. The van der Waals surface area contributed by atoms with Crippen LogP contribution in [-0.4, -0.2) is 40.6 Å². The van der Waals surface area contributed by atoms with Gasteiger partial charge in [-0.05, 0) is 26.0 Å². The molecule has 6 heteroatoms. The summed E-state index contributed by atoms with van der Waals surface area (Å²) in [5, 5.41) is 7.02. The first-order chi connectivity index (χ1) is 10.3. The predicted octanol–water partition coefficient (Wildman–Crippen LogP) is 1.99. The van der Waals surface area contributed by atoms with Gasteiger partial charge in [-0.2, -0.15) is 5.10 Å². The van der Waals surface area contributed by atoms with Crippen LogP contribution >= 0.6 is 0 Å². The number of benzene rings is 1. The van der Waals surface area contributed by atoms with E-state index in [0.717, 1.165) is 11.3 Å². The zero-order chi connectivity index (χ0) is 16.4. The fraction of sp³-hybridized carbons (Fsp3) is 0.312. The van der Waals surface area contributed by atoms with Crippen molar-refractivity contribution >= 4 is 17.5 Å². The van der Waals surface area contributed by atoms with Crippen molar-refractivity contribution in [1.29, 1.82) is 0 Å². The van der Waals surface area contributed by atoms with E-state index in [4.69, 9.17) is 0 Å². The van der Waals surface area contributed by atoms with E-state index in [2.05, 4.69) is 10.4 Å². The fourth-order valence-corrected chi connectivity index (χ4v) is 2.09. The number of hydrogen-bond donors (Lipinski definition) is 1. The van der Waals surface area contributed by atoms with Crippen molar-refractivity contribution in [2.45, 2.75) is 13.8 Å². The highest BCUT2D eigenvalue weighted by Gasteiger charge is 2.23. The number of rotatable bonds is 3. The van der Waals surface area contributed by atoms with Crippen LogP contribution in [0, 0.1) is 13.8 Å². The first-order valence-electron chi connectivity index (χ1n) is 6.94. The Labute approximate surface area is 129 Å². The van der Waals surface area contributed by atoms with Gasteiger partial charge in [0.05, 0.1) is 11.4 Å². The number of aryl methyl sites for hydroxylation is 2. The lowest BCUT2D eigenvalue weighted by Gasteiger charge is -2.11. The summed E-state index contributed by atoms with van der Waals surface area (Å²) >= 11 is 0. The van der Waals surface area contributed by atoms with E-state index in [-0.39, 0.29) is 17.5 Å². The van der Waals surface area contributed by atoms with E-state index >= 15 is 0 Å². The van der Waals surface area contributed by atoms with Crippen molar-refractivity contribution in [3.8, 4) is 0 Å². The molecule has 1 N–H and O–H groups in total. The van der Waals surface area contributed by atoms with Crippen LogP contribution in [0.3, 0.4) is 0 Å². The highest BCUT2D eigenvalue weighted by Crippen LogP contribution is 2.21. The number of nitrogens with zero attached hydrogens (tertiary/aromatic N) is 3.